The van der Waals surface area contributed by atoms with Crippen LogP contribution in [0.1, 0.15) is 10.4 Å². The van der Waals surface area contributed by atoms with Crippen molar-refractivity contribution in [3.05, 3.63) is 23.8 Å². The Kier molecular flexibility index (Phi) is 4.15. The maximum Gasteiger partial charge on any atom is 0.157 e. The summed E-state index contributed by atoms with van der Waals surface area (Å²) in [5.74, 6) is -0.398. The molecule has 0 amide bonds. The quantitative estimate of drug-likeness (QED) is 0.606. The van der Waals surface area contributed by atoms with E-state index in [1.165, 1.54) is 18.2 Å². The van der Waals surface area contributed by atoms with E-state index in [1.807, 2.05) is 6.79 Å². The standard InChI is InChI=1S/C7H6O3.CH2O/c8-4-5-6(9)2-1-3-7(5)10;1-2/h1-4,9-10H;1H2. The van der Waals surface area contributed by atoms with Crippen LogP contribution in [0.25, 0.3) is 0 Å². The molecule has 1 aromatic carbocycles. The van der Waals surface area contributed by atoms with Crippen LogP contribution in [-0.2, 0) is 4.79 Å². The largest absolute Gasteiger partial charge is 0.507 e. The summed E-state index contributed by atoms with van der Waals surface area (Å²) in [6.07, 6.45) is 0.407. The highest BCUT2D eigenvalue weighted by atomic mass is 16.3. The Labute approximate surface area is 69.1 Å². The minimum absolute atomic E-state index is 0.0671. The summed E-state index contributed by atoms with van der Waals surface area (Å²) in [5.41, 5.74) is -0.0671. The lowest BCUT2D eigenvalue weighted by atomic mass is 10.2. The first kappa shape index (κ1) is 10.2. The van der Waals surface area contributed by atoms with Gasteiger partial charge in [-0.15, -0.1) is 0 Å². The van der Waals surface area contributed by atoms with Crippen LogP contribution in [0.3, 0.4) is 0 Å². The first-order valence-corrected chi connectivity index (χ1v) is 3.00. The van der Waals surface area contributed by atoms with Crippen molar-refractivity contribution in [2.24, 2.45) is 0 Å². The highest BCUT2D eigenvalue weighted by Gasteiger charge is 2.02. The average molecular weight is 168 g/mol. The number of phenols is 2. The number of hydrogen-bond donors (Lipinski definition) is 2. The lowest BCUT2D eigenvalue weighted by Crippen LogP contribution is -1.80. The van der Waals surface area contributed by atoms with E-state index in [4.69, 9.17) is 15.0 Å². The molecule has 0 spiro atoms. The van der Waals surface area contributed by atoms with E-state index in [-0.39, 0.29) is 17.1 Å². The first-order valence-electron chi connectivity index (χ1n) is 3.00. The summed E-state index contributed by atoms with van der Waals surface area (Å²) in [7, 11) is 0. The molecule has 0 saturated heterocycles. The third kappa shape index (κ3) is 2.09. The zero-order valence-corrected chi connectivity index (χ0v) is 6.23. The molecule has 0 atom stereocenters. The number of carbonyl (C=O) groups is 2. The second-order valence-electron chi connectivity index (χ2n) is 1.83. The Morgan fingerprint density at radius 1 is 1.17 bits per heavy atom. The third-order valence-corrected chi connectivity index (χ3v) is 1.18. The molecule has 0 aliphatic carbocycles. The van der Waals surface area contributed by atoms with E-state index in [0.29, 0.717) is 6.29 Å². The number of benzene rings is 1. The number of aromatic hydroxyl groups is 2. The molecule has 2 N–H and O–H groups in total. The summed E-state index contributed by atoms with van der Waals surface area (Å²) < 4.78 is 0. The highest BCUT2D eigenvalue weighted by molar-refractivity contribution is 5.83. The summed E-state index contributed by atoms with van der Waals surface area (Å²) in [6.45, 7) is 2.00. The number of phenolic OH excluding ortho intramolecular Hbond substituents is 2. The van der Waals surface area contributed by atoms with Crippen molar-refractivity contribution < 1.29 is 19.8 Å². The summed E-state index contributed by atoms with van der Waals surface area (Å²) >= 11 is 0. The monoisotopic (exact) mass is 168 g/mol. The summed E-state index contributed by atoms with van der Waals surface area (Å²) in [5, 5.41) is 17.8. The van der Waals surface area contributed by atoms with E-state index >= 15 is 0 Å². The van der Waals surface area contributed by atoms with Crippen LogP contribution in [0, 0.1) is 0 Å². The van der Waals surface area contributed by atoms with Crippen molar-refractivity contribution in [1.29, 1.82) is 0 Å². The van der Waals surface area contributed by atoms with Gasteiger partial charge in [0.25, 0.3) is 0 Å². The average Bonchev–Trinajstić information content (AvgIpc) is 2.08. The maximum absolute atomic E-state index is 10.1. The first-order chi connectivity index (χ1) is 5.75. The van der Waals surface area contributed by atoms with Crippen LogP contribution >= 0.6 is 0 Å². The molecule has 0 saturated carbocycles. The van der Waals surface area contributed by atoms with E-state index in [2.05, 4.69) is 0 Å². The van der Waals surface area contributed by atoms with Gasteiger partial charge in [-0.1, -0.05) is 6.07 Å². The van der Waals surface area contributed by atoms with Gasteiger partial charge < -0.3 is 15.0 Å². The second-order valence-corrected chi connectivity index (χ2v) is 1.83. The fourth-order valence-electron chi connectivity index (χ4n) is 0.662. The highest BCUT2D eigenvalue weighted by Crippen LogP contribution is 2.23. The molecule has 0 bridgehead atoms. The molecule has 64 valence electrons. The van der Waals surface area contributed by atoms with Crippen molar-refractivity contribution in [3.63, 3.8) is 0 Å². The third-order valence-electron chi connectivity index (χ3n) is 1.18. The maximum atomic E-state index is 10.1. The van der Waals surface area contributed by atoms with Crippen LogP contribution < -0.4 is 0 Å². The molecule has 0 radical (unpaired) electrons. The number of hydrogen-bond acceptors (Lipinski definition) is 4. The minimum Gasteiger partial charge on any atom is -0.507 e. The van der Waals surface area contributed by atoms with Gasteiger partial charge in [-0.05, 0) is 12.1 Å². The van der Waals surface area contributed by atoms with Gasteiger partial charge >= 0.3 is 0 Å². The molecule has 0 aliphatic heterocycles. The predicted octanol–water partition coefficient (Wildman–Crippen LogP) is 0.725. The second kappa shape index (κ2) is 4.90. The van der Waals surface area contributed by atoms with Gasteiger partial charge in [0, 0.05) is 0 Å². The smallest absolute Gasteiger partial charge is 0.157 e. The molecule has 0 aliphatic rings. The molecule has 4 nitrogen and oxygen atoms in total. The van der Waals surface area contributed by atoms with Crippen LogP contribution in [-0.4, -0.2) is 23.3 Å². The van der Waals surface area contributed by atoms with Gasteiger partial charge in [0.15, 0.2) is 6.29 Å². The van der Waals surface area contributed by atoms with E-state index in [1.54, 1.807) is 0 Å². The molecule has 1 rings (SSSR count). The molecule has 1 aromatic rings. The fourth-order valence-corrected chi connectivity index (χ4v) is 0.662. The Morgan fingerprint density at radius 2 is 1.58 bits per heavy atom. The molecule has 0 fully saturated rings. The van der Waals surface area contributed by atoms with Crippen LogP contribution in [0.2, 0.25) is 0 Å². The van der Waals surface area contributed by atoms with Gasteiger partial charge in [0.05, 0.1) is 5.56 Å². The van der Waals surface area contributed by atoms with E-state index < -0.39 is 0 Å². The zero-order chi connectivity index (χ0) is 9.56. The molecular formula is C8H8O4. The van der Waals surface area contributed by atoms with Crippen LogP contribution in [0.4, 0.5) is 0 Å². The molecule has 4 heteroatoms. The van der Waals surface area contributed by atoms with Crippen molar-refractivity contribution in [2.75, 3.05) is 0 Å². The van der Waals surface area contributed by atoms with Gasteiger partial charge in [0.1, 0.15) is 18.3 Å². The van der Waals surface area contributed by atoms with Crippen molar-refractivity contribution in [2.45, 2.75) is 0 Å². The van der Waals surface area contributed by atoms with Crippen molar-refractivity contribution in [3.8, 4) is 11.5 Å². The van der Waals surface area contributed by atoms with Gasteiger partial charge in [0.2, 0.25) is 0 Å². The molecule has 0 aromatic heterocycles. The molecular weight excluding hydrogens is 160 g/mol. The minimum atomic E-state index is -0.199. The van der Waals surface area contributed by atoms with Crippen molar-refractivity contribution in [1.82, 2.24) is 0 Å². The summed E-state index contributed by atoms with van der Waals surface area (Å²) in [6, 6.07) is 4.13. The molecule has 12 heavy (non-hydrogen) atoms. The Bertz CT molecular complexity index is 250. The Balaban J connectivity index is 0.000000561. The number of rotatable bonds is 1. The van der Waals surface area contributed by atoms with E-state index in [9.17, 15) is 4.79 Å². The van der Waals surface area contributed by atoms with Gasteiger partial charge in [-0.2, -0.15) is 0 Å². The Hall–Kier alpha value is -1.84. The lowest BCUT2D eigenvalue weighted by Gasteiger charge is -1.97. The van der Waals surface area contributed by atoms with Crippen molar-refractivity contribution >= 4 is 13.1 Å². The van der Waals surface area contributed by atoms with Gasteiger partial charge in [-0.25, -0.2) is 0 Å². The Morgan fingerprint density at radius 3 is 1.83 bits per heavy atom. The van der Waals surface area contributed by atoms with Gasteiger partial charge in [-0.3, -0.25) is 4.79 Å². The SMILES string of the molecule is C=O.O=Cc1c(O)cccc1O. The van der Waals surface area contributed by atoms with E-state index in [0.717, 1.165) is 0 Å². The molecule has 0 heterocycles. The number of aldehydes is 1. The van der Waals surface area contributed by atoms with Crippen LogP contribution in [0.5, 0.6) is 11.5 Å². The van der Waals surface area contributed by atoms with Crippen LogP contribution in [0.15, 0.2) is 18.2 Å². The lowest BCUT2D eigenvalue weighted by molar-refractivity contribution is -0.0979. The fraction of sp³-hybridized carbons (Fsp3) is 0. The predicted molar refractivity (Wildman–Crippen MR) is 42.3 cm³/mol. The zero-order valence-electron chi connectivity index (χ0n) is 6.23. The number of carbonyl (C=O) groups excluding carboxylic acids is 2. The normalized spacial score (nSPS) is 8.00. The summed E-state index contributed by atoms with van der Waals surface area (Å²) in [4.78, 5) is 18.1. The topological polar surface area (TPSA) is 74.6 Å². The molecule has 0 unspecified atom stereocenters.